The Hall–Kier alpha value is -0.120. The minimum absolute atomic E-state index is 0.271. The lowest BCUT2D eigenvalue weighted by molar-refractivity contribution is 0.0293. The predicted octanol–water partition coefficient (Wildman–Crippen LogP) is 2.85. The molecule has 0 aliphatic heterocycles. The number of hydrogen-bond donors (Lipinski definition) is 2. The maximum atomic E-state index is 5.75. The Balaban J connectivity index is 2.49. The van der Waals surface area contributed by atoms with Crippen molar-refractivity contribution in [1.29, 1.82) is 0 Å². The average Bonchev–Trinajstić information content (AvgIpc) is 2.39. The van der Waals surface area contributed by atoms with Crippen molar-refractivity contribution in [3.63, 3.8) is 0 Å². The van der Waals surface area contributed by atoms with Crippen LogP contribution in [0.2, 0.25) is 0 Å². The summed E-state index contributed by atoms with van der Waals surface area (Å²) in [7, 11) is 1.81. The molecule has 1 rings (SSSR count). The quantitative estimate of drug-likeness (QED) is 0.533. The van der Waals surface area contributed by atoms with Crippen LogP contribution in [0.4, 0.5) is 0 Å². The van der Waals surface area contributed by atoms with Gasteiger partial charge in [-0.05, 0) is 31.1 Å². The van der Waals surface area contributed by atoms with Crippen molar-refractivity contribution in [1.82, 2.24) is 5.43 Å². The molecule has 17 heavy (non-hydrogen) atoms. The molecule has 3 heteroatoms. The Morgan fingerprint density at radius 3 is 2.29 bits per heavy atom. The third-order valence-corrected chi connectivity index (χ3v) is 4.45. The summed E-state index contributed by atoms with van der Waals surface area (Å²) < 4.78 is 5.61. The standard InChI is InChI=1S/C14H30N2O/c1-4-6-13(17-3)14(16-15)12-9-7-11(5-2)8-10-12/h11-14,16H,4-10,15H2,1-3H3. The molecule has 0 radical (unpaired) electrons. The summed E-state index contributed by atoms with van der Waals surface area (Å²) in [4.78, 5) is 0. The van der Waals surface area contributed by atoms with Gasteiger partial charge in [-0.25, -0.2) is 0 Å². The molecule has 0 heterocycles. The minimum atomic E-state index is 0.271. The highest BCUT2D eigenvalue weighted by molar-refractivity contribution is 4.85. The fraction of sp³-hybridized carbons (Fsp3) is 1.00. The predicted molar refractivity (Wildman–Crippen MR) is 72.6 cm³/mol. The summed E-state index contributed by atoms with van der Waals surface area (Å²) in [6, 6.07) is 0.331. The van der Waals surface area contributed by atoms with Crippen molar-refractivity contribution in [3.05, 3.63) is 0 Å². The van der Waals surface area contributed by atoms with Gasteiger partial charge in [-0.1, -0.05) is 39.5 Å². The molecule has 3 N–H and O–H groups in total. The number of hydrazine groups is 1. The molecule has 0 saturated heterocycles. The van der Waals surface area contributed by atoms with Crippen LogP contribution >= 0.6 is 0 Å². The van der Waals surface area contributed by atoms with Crippen molar-refractivity contribution in [2.45, 2.75) is 70.9 Å². The second-order valence-corrected chi connectivity index (χ2v) is 5.44. The fourth-order valence-electron chi connectivity index (χ4n) is 3.23. The summed E-state index contributed by atoms with van der Waals surface area (Å²) in [5.41, 5.74) is 3.02. The Kier molecular flexibility index (Phi) is 7.09. The molecule has 2 atom stereocenters. The van der Waals surface area contributed by atoms with Gasteiger partial charge in [0.25, 0.3) is 0 Å². The molecule has 0 bridgehead atoms. The van der Waals surface area contributed by atoms with Gasteiger partial charge in [0.1, 0.15) is 0 Å². The lowest BCUT2D eigenvalue weighted by Gasteiger charge is -2.36. The first kappa shape index (κ1) is 14.9. The molecule has 3 nitrogen and oxygen atoms in total. The summed E-state index contributed by atoms with van der Waals surface area (Å²) in [6.45, 7) is 4.51. The van der Waals surface area contributed by atoms with Crippen molar-refractivity contribution in [2.75, 3.05) is 7.11 Å². The van der Waals surface area contributed by atoms with Gasteiger partial charge in [0.05, 0.1) is 12.1 Å². The van der Waals surface area contributed by atoms with Crippen LogP contribution in [0.5, 0.6) is 0 Å². The van der Waals surface area contributed by atoms with Crippen LogP contribution in [0.1, 0.15) is 58.8 Å². The second kappa shape index (κ2) is 8.06. The van der Waals surface area contributed by atoms with E-state index in [1.54, 1.807) is 0 Å². The van der Waals surface area contributed by atoms with Gasteiger partial charge in [-0.3, -0.25) is 11.3 Å². The maximum absolute atomic E-state index is 5.75. The number of ether oxygens (including phenoxy) is 1. The molecule has 0 aromatic rings. The highest BCUT2D eigenvalue weighted by atomic mass is 16.5. The molecular weight excluding hydrogens is 212 g/mol. The Labute approximate surface area is 106 Å². The number of nitrogens with one attached hydrogen (secondary N) is 1. The molecular formula is C14H30N2O. The second-order valence-electron chi connectivity index (χ2n) is 5.44. The van der Waals surface area contributed by atoms with Gasteiger partial charge < -0.3 is 4.74 Å². The van der Waals surface area contributed by atoms with E-state index >= 15 is 0 Å². The zero-order valence-corrected chi connectivity index (χ0v) is 11.7. The van der Waals surface area contributed by atoms with Crippen LogP contribution in [-0.2, 0) is 4.74 Å². The summed E-state index contributed by atoms with van der Waals surface area (Å²) in [5, 5.41) is 0. The zero-order chi connectivity index (χ0) is 12.7. The van der Waals surface area contributed by atoms with Gasteiger partial charge in [-0.15, -0.1) is 0 Å². The van der Waals surface area contributed by atoms with Crippen molar-refractivity contribution < 1.29 is 4.74 Å². The Morgan fingerprint density at radius 2 is 1.88 bits per heavy atom. The number of rotatable bonds is 7. The van der Waals surface area contributed by atoms with E-state index in [0.29, 0.717) is 12.0 Å². The van der Waals surface area contributed by atoms with Crippen molar-refractivity contribution in [3.8, 4) is 0 Å². The first-order chi connectivity index (χ1) is 8.26. The van der Waals surface area contributed by atoms with E-state index < -0.39 is 0 Å². The van der Waals surface area contributed by atoms with Gasteiger partial charge in [0, 0.05) is 7.11 Å². The molecule has 0 amide bonds. The molecule has 1 saturated carbocycles. The summed E-state index contributed by atoms with van der Waals surface area (Å²) >= 11 is 0. The first-order valence-electron chi connectivity index (χ1n) is 7.25. The lowest BCUT2D eigenvalue weighted by Crippen LogP contribution is -2.50. The van der Waals surface area contributed by atoms with E-state index in [4.69, 9.17) is 10.6 Å². The van der Waals surface area contributed by atoms with Crippen LogP contribution in [0.3, 0.4) is 0 Å². The molecule has 1 aliphatic rings. The van der Waals surface area contributed by atoms with Crippen LogP contribution < -0.4 is 11.3 Å². The van der Waals surface area contributed by atoms with E-state index in [2.05, 4.69) is 19.3 Å². The van der Waals surface area contributed by atoms with Gasteiger partial charge in [0.15, 0.2) is 0 Å². The SMILES string of the molecule is CCCC(OC)C(NN)C1CCC(CC)CC1. The largest absolute Gasteiger partial charge is 0.380 e. The van der Waals surface area contributed by atoms with Crippen LogP contribution in [0.15, 0.2) is 0 Å². The third-order valence-electron chi connectivity index (χ3n) is 4.45. The topological polar surface area (TPSA) is 47.3 Å². The number of hydrogen-bond acceptors (Lipinski definition) is 3. The molecule has 1 fully saturated rings. The fourth-order valence-corrected chi connectivity index (χ4v) is 3.23. The molecule has 1 aliphatic carbocycles. The lowest BCUT2D eigenvalue weighted by atomic mass is 9.76. The normalized spacial score (nSPS) is 28.9. The Morgan fingerprint density at radius 1 is 1.24 bits per heavy atom. The highest BCUT2D eigenvalue weighted by Crippen LogP contribution is 2.34. The average molecular weight is 242 g/mol. The van der Waals surface area contributed by atoms with Gasteiger partial charge in [0.2, 0.25) is 0 Å². The van der Waals surface area contributed by atoms with Gasteiger partial charge in [-0.2, -0.15) is 0 Å². The van der Waals surface area contributed by atoms with E-state index in [1.165, 1.54) is 32.1 Å². The van der Waals surface area contributed by atoms with E-state index in [-0.39, 0.29) is 6.10 Å². The molecule has 0 spiro atoms. The molecule has 0 aromatic carbocycles. The van der Waals surface area contributed by atoms with E-state index in [0.717, 1.165) is 18.8 Å². The smallest absolute Gasteiger partial charge is 0.0740 e. The van der Waals surface area contributed by atoms with Crippen LogP contribution in [0.25, 0.3) is 0 Å². The van der Waals surface area contributed by atoms with Crippen LogP contribution in [0, 0.1) is 11.8 Å². The number of methoxy groups -OCH3 is 1. The third kappa shape index (κ3) is 4.23. The summed E-state index contributed by atoms with van der Waals surface area (Å²) in [5.74, 6) is 7.38. The van der Waals surface area contributed by atoms with Crippen LogP contribution in [-0.4, -0.2) is 19.3 Å². The van der Waals surface area contributed by atoms with Crippen molar-refractivity contribution >= 4 is 0 Å². The zero-order valence-electron chi connectivity index (χ0n) is 11.7. The molecule has 2 unspecified atom stereocenters. The Bertz CT molecular complexity index is 191. The monoisotopic (exact) mass is 242 g/mol. The van der Waals surface area contributed by atoms with E-state index in [9.17, 15) is 0 Å². The van der Waals surface area contributed by atoms with Gasteiger partial charge >= 0.3 is 0 Å². The van der Waals surface area contributed by atoms with Crippen molar-refractivity contribution in [2.24, 2.45) is 17.7 Å². The highest BCUT2D eigenvalue weighted by Gasteiger charge is 2.31. The maximum Gasteiger partial charge on any atom is 0.0740 e. The first-order valence-corrected chi connectivity index (χ1v) is 7.25. The number of nitrogens with two attached hydrogens (primary N) is 1. The minimum Gasteiger partial charge on any atom is -0.380 e. The molecule has 0 aromatic heterocycles. The van der Waals surface area contributed by atoms with E-state index in [1.807, 2.05) is 7.11 Å². The summed E-state index contributed by atoms with van der Waals surface area (Å²) in [6.07, 6.45) is 9.18. The molecule has 102 valence electrons.